The van der Waals surface area contributed by atoms with Crippen LogP contribution in [-0.4, -0.2) is 23.7 Å². The zero-order chi connectivity index (χ0) is 7.98. The van der Waals surface area contributed by atoms with E-state index in [-0.39, 0.29) is 16.6 Å². The Kier molecular flexibility index (Phi) is 5.96. The lowest BCUT2D eigenvalue weighted by molar-refractivity contribution is -0.140. The molecular formula is C6H10FIO2. The number of hydrogen-bond acceptors (Lipinski definition) is 2. The fourth-order valence-electron chi connectivity index (χ4n) is 0.485. The van der Waals surface area contributed by atoms with E-state index in [0.29, 0.717) is 12.8 Å². The summed E-state index contributed by atoms with van der Waals surface area (Å²) < 4.78 is 16.1. The number of rotatable bonds is 4. The zero-order valence-corrected chi connectivity index (χ0v) is 7.93. The van der Waals surface area contributed by atoms with E-state index in [4.69, 9.17) is 0 Å². The Morgan fingerprint density at radius 3 is 2.80 bits per heavy atom. The molecule has 1 unspecified atom stereocenters. The van der Waals surface area contributed by atoms with E-state index in [2.05, 4.69) is 4.74 Å². The molecule has 2 nitrogen and oxygen atoms in total. The fraction of sp³-hybridized carbons (Fsp3) is 0.833. The van der Waals surface area contributed by atoms with E-state index < -0.39 is 0 Å². The van der Waals surface area contributed by atoms with Crippen molar-refractivity contribution < 1.29 is 13.9 Å². The fourth-order valence-corrected chi connectivity index (χ4v) is 1.08. The Balaban J connectivity index is 3.37. The lowest BCUT2D eigenvalue weighted by atomic mass is 10.2. The van der Waals surface area contributed by atoms with Gasteiger partial charge < -0.3 is 4.74 Å². The van der Waals surface area contributed by atoms with Gasteiger partial charge in [0, 0.05) is 3.92 Å². The van der Waals surface area contributed by atoms with Crippen molar-refractivity contribution in [3.63, 3.8) is 0 Å². The summed E-state index contributed by atoms with van der Waals surface area (Å²) in [5.74, 6) is -0.271. The van der Waals surface area contributed by atoms with Crippen LogP contribution in [0.2, 0.25) is 0 Å². The highest BCUT2D eigenvalue weighted by molar-refractivity contribution is 14.1. The normalized spacial score (nSPS) is 12.7. The van der Waals surface area contributed by atoms with E-state index in [0.717, 1.165) is 0 Å². The summed E-state index contributed by atoms with van der Waals surface area (Å²) in [4.78, 5) is 10.5. The molecule has 0 amide bonds. The smallest absolute Gasteiger partial charge is 0.306 e. The van der Waals surface area contributed by atoms with Crippen LogP contribution >= 0.6 is 22.6 Å². The molecule has 0 radical (unpaired) electrons. The molecule has 4 heteroatoms. The molecule has 0 aromatic rings. The predicted octanol–water partition coefficient (Wildman–Crippen LogP) is 1.71. The van der Waals surface area contributed by atoms with Crippen molar-refractivity contribution in [3.8, 4) is 0 Å². The van der Waals surface area contributed by atoms with Crippen LogP contribution in [0.25, 0.3) is 0 Å². The van der Waals surface area contributed by atoms with Crippen molar-refractivity contribution in [2.45, 2.75) is 16.8 Å². The summed E-state index contributed by atoms with van der Waals surface area (Å²) in [5, 5.41) is 0. The van der Waals surface area contributed by atoms with Crippen molar-refractivity contribution >= 4 is 28.6 Å². The molecular weight excluding hydrogens is 250 g/mol. The number of ether oxygens (including phenoxy) is 1. The van der Waals surface area contributed by atoms with E-state index in [1.54, 1.807) is 0 Å². The highest BCUT2D eigenvalue weighted by atomic mass is 127. The number of carbonyl (C=O) groups excluding carboxylic acids is 1. The predicted molar refractivity (Wildman–Crippen MR) is 45.0 cm³/mol. The van der Waals surface area contributed by atoms with Gasteiger partial charge >= 0.3 is 5.97 Å². The van der Waals surface area contributed by atoms with Gasteiger partial charge in [0.2, 0.25) is 0 Å². The Labute approximate surface area is 73.3 Å². The molecule has 0 heterocycles. The Morgan fingerprint density at radius 2 is 2.40 bits per heavy atom. The largest absolute Gasteiger partial charge is 0.469 e. The summed E-state index contributed by atoms with van der Waals surface area (Å²) in [6, 6.07) is 0. The van der Waals surface area contributed by atoms with E-state index >= 15 is 0 Å². The van der Waals surface area contributed by atoms with Gasteiger partial charge in [-0.05, 0) is 6.42 Å². The maximum Gasteiger partial charge on any atom is 0.306 e. The summed E-state index contributed by atoms with van der Waals surface area (Å²) in [6.07, 6.45) is 0.733. The van der Waals surface area contributed by atoms with Crippen LogP contribution in [0.1, 0.15) is 12.8 Å². The molecule has 10 heavy (non-hydrogen) atoms. The molecule has 0 aromatic carbocycles. The zero-order valence-electron chi connectivity index (χ0n) is 5.77. The van der Waals surface area contributed by atoms with Crippen LogP contribution in [0.15, 0.2) is 0 Å². The van der Waals surface area contributed by atoms with Crippen LogP contribution < -0.4 is 0 Å². The highest BCUT2D eigenvalue weighted by Gasteiger charge is 2.09. The molecule has 0 saturated heterocycles. The van der Waals surface area contributed by atoms with Crippen molar-refractivity contribution in [2.24, 2.45) is 0 Å². The number of carbonyl (C=O) groups is 1. The van der Waals surface area contributed by atoms with Gasteiger partial charge in [0.05, 0.1) is 20.2 Å². The monoisotopic (exact) mass is 260 g/mol. The molecule has 0 spiro atoms. The Bertz CT molecular complexity index is 108. The minimum Gasteiger partial charge on any atom is -0.469 e. The number of hydrogen-bond donors (Lipinski definition) is 0. The van der Waals surface area contributed by atoms with Crippen molar-refractivity contribution in [1.82, 2.24) is 0 Å². The van der Waals surface area contributed by atoms with E-state index in [9.17, 15) is 9.18 Å². The minimum absolute atomic E-state index is 0.0649. The van der Waals surface area contributed by atoms with Gasteiger partial charge in [-0.25, -0.2) is 0 Å². The van der Waals surface area contributed by atoms with Crippen LogP contribution in [0.5, 0.6) is 0 Å². The quantitative estimate of drug-likeness (QED) is 0.437. The molecule has 60 valence electrons. The molecule has 0 aromatic heterocycles. The van der Waals surface area contributed by atoms with Gasteiger partial charge in [0.25, 0.3) is 0 Å². The minimum atomic E-state index is -0.370. The first-order valence-electron chi connectivity index (χ1n) is 2.97. The first-order chi connectivity index (χ1) is 4.70. The van der Waals surface area contributed by atoms with Crippen molar-refractivity contribution in [2.75, 3.05) is 13.8 Å². The summed E-state index contributed by atoms with van der Waals surface area (Å²) >= 11 is 2.04. The summed E-state index contributed by atoms with van der Waals surface area (Å²) in [7, 11) is 1.33. The van der Waals surface area contributed by atoms with E-state index in [1.165, 1.54) is 7.11 Å². The number of alkyl halides is 2. The van der Waals surface area contributed by atoms with Crippen LogP contribution in [-0.2, 0) is 9.53 Å². The second kappa shape index (κ2) is 5.88. The topological polar surface area (TPSA) is 26.3 Å². The molecule has 0 fully saturated rings. The van der Waals surface area contributed by atoms with Gasteiger partial charge in [0.1, 0.15) is 0 Å². The van der Waals surface area contributed by atoms with Gasteiger partial charge in [-0.2, -0.15) is 0 Å². The molecule has 0 N–H and O–H groups in total. The number of esters is 1. The maximum atomic E-state index is 11.6. The molecule has 0 aliphatic carbocycles. The second-order valence-electron chi connectivity index (χ2n) is 1.86. The number of methoxy groups -OCH3 is 1. The average Bonchev–Trinajstić information content (AvgIpc) is 1.88. The molecule has 0 aliphatic heterocycles. The molecule has 0 saturated carbocycles. The third-order valence-corrected chi connectivity index (χ3v) is 2.10. The highest BCUT2D eigenvalue weighted by Crippen LogP contribution is 2.11. The van der Waals surface area contributed by atoms with Gasteiger partial charge in [0.15, 0.2) is 0 Å². The molecule has 0 rings (SSSR count). The summed E-state index contributed by atoms with van der Waals surface area (Å²) in [6.45, 7) is -0.370. The molecule has 0 bridgehead atoms. The SMILES string of the molecule is COC(=O)CC(I)CCF. The lowest BCUT2D eigenvalue weighted by Gasteiger charge is -2.03. The second-order valence-corrected chi connectivity index (χ2v) is 3.62. The van der Waals surface area contributed by atoms with Crippen LogP contribution in [0.3, 0.4) is 0 Å². The first kappa shape index (κ1) is 10.1. The van der Waals surface area contributed by atoms with Crippen LogP contribution in [0.4, 0.5) is 4.39 Å². The standard InChI is InChI=1S/C6H10FIO2/c1-10-6(9)4-5(8)2-3-7/h5H,2-4H2,1H3. The van der Waals surface area contributed by atoms with E-state index in [1.807, 2.05) is 22.6 Å². The van der Waals surface area contributed by atoms with Gasteiger partial charge in [-0.1, -0.05) is 22.6 Å². The third kappa shape index (κ3) is 4.96. The van der Waals surface area contributed by atoms with Crippen LogP contribution in [0, 0.1) is 0 Å². The molecule has 0 aliphatic rings. The van der Waals surface area contributed by atoms with Gasteiger partial charge in [-0.15, -0.1) is 0 Å². The van der Waals surface area contributed by atoms with Gasteiger partial charge in [-0.3, -0.25) is 9.18 Å². The third-order valence-electron chi connectivity index (χ3n) is 1.04. The number of halogens is 2. The maximum absolute atomic E-state index is 11.6. The first-order valence-corrected chi connectivity index (χ1v) is 4.22. The Morgan fingerprint density at radius 1 is 1.80 bits per heavy atom. The lowest BCUT2D eigenvalue weighted by Crippen LogP contribution is -2.09. The summed E-state index contributed by atoms with van der Waals surface area (Å²) in [5.41, 5.74) is 0. The molecule has 1 atom stereocenters. The van der Waals surface area contributed by atoms with Crippen molar-refractivity contribution in [3.05, 3.63) is 0 Å². The average molecular weight is 260 g/mol. The Hall–Kier alpha value is 0.130. The van der Waals surface area contributed by atoms with Crippen molar-refractivity contribution in [1.29, 1.82) is 0 Å².